The topological polar surface area (TPSA) is 82.3 Å². The molecule has 7 nitrogen and oxygen atoms in total. The van der Waals surface area contributed by atoms with E-state index in [0.29, 0.717) is 36.6 Å². The van der Waals surface area contributed by atoms with E-state index in [9.17, 15) is 5.11 Å². The predicted octanol–water partition coefficient (Wildman–Crippen LogP) is 2.96. The zero-order valence-electron chi connectivity index (χ0n) is 16.9. The lowest BCUT2D eigenvalue weighted by Gasteiger charge is -2.32. The molecule has 1 aliphatic rings. The van der Waals surface area contributed by atoms with Crippen LogP contribution >= 0.6 is 22.9 Å². The molecule has 160 valence electrons. The molecule has 0 amide bonds. The van der Waals surface area contributed by atoms with Gasteiger partial charge in [-0.15, -0.1) is 11.3 Å². The second kappa shape index (κ2) is 11.0. The third-order valence-electron chi connectivity index (χ3n) is 4.73. The van der Waals surface area contributed by atoms with Gasteiger partial charge in [0.05, 0.1) is 30.1 Å². The third kappa shape index (κ3) is 6.45. The van der Waals surface area contributed by atoms with Gasteiger partial charge in [0.1, 0.15) is 17.6 Å². The lowest BCUT2D eigenvalue weighted by Crippen LogP contribution is -2.42. The molecular formula is C20H29ClN4O3S. The van der Waals surface area contributed by atoms with Crippen molar-refractivity contribution >= 4 is 28.9 Å². The number of aryl methyl sites for hydroxylation is 1. The van der Waals surface area contributed by atoms with Gasteiger partial charge in [-0.1, -0.05) is 11.6 Å². The summed E-state index contributed by atoms with van der Waals surface area (Å²) < 4.78 is 12.1. The summed E-state index contributed by atoms with van der Waals surface area (Å²) >= 11 is 7.35. The maximum absolute atomic E-state index is 10.4. The first-order chi connectivity index (χ1) is 14.1. The average molecular weight is 441 g/mol. The number of halogens is 1. The molecule has 2 aromatic heterocycles. The predicted molar refractivity (Wildman–Crippen MR) is 117 cm³/mol. The lowest BCUT2D eigenvalue weighted by atomic mass is 10.1. The van der Waals surface area contributed by atoms with Crippen LogP contribution in [0.5, 0.6) is 0 Å². The van der Waals surface area contributed by atoms with Crippen molar-refractivity contribution in [1.29, 1.82) is 0 Å². The van der Waals surface area contributed by atoms with Crippen molar-refractivity contribution in [3.8, 4) is 0 Å². The Morgan fingerprint density at radius 2 is 2.07 bits per heavy atom. The fourth-order valence-electron chi connectivity index (χ4n) is 3.23. The van der Waals surface area contributed by atoms with E-state index in [1.165, 1.54) is 11.3 Å². The van der Waals surface area contributed by atoms with E-state index in [-0.39, 0.29) is 6.04 Å². The van der Waals surface area contributed by atoms with Crippen molar-refractivity contribution < 1.29 is 14.3 Å². The number of aliphatic hydroxyl groups is 1. The Kier molecular flexibility index (Phi) is 8.38. The normalized spacial score (nSPS) is 17.9. The molecule has 3 N–H and O–H groups in total. The van der Waals surface area contributed by atoms with Gasteiger partial charge in [-0.2, -0.15) is 0 Å². The van der Waals surface area contributed by atoms with Gasteiger partial charge < -0.3 is 24.9 Å². The maximum Gasteiger partial charge on any atom is 0.191 e. The molecule has 29 heavy (non-hydrogen) atoms. The van der Waals surface area contributed by atoms with Crippen molar-refractivity contribution in [3.63, 3.8) is 0 Å². The van der Waals surface area contributed by atoms with Crippen LogP contribution in [0, 0.1) is 6.92 Å². The number of nitrogens with zero attached hydrogens (tertiary/aromatic N) is 2. The summed E-state index contributed by atoms with van der Waals surface area (Å²) in [6.45, 7) is 8.73. The summed E-state index contributed by atoms with van der Waals surface area (Å²) in [6.07, 6.45) is -0.640. The summed E-state index contributed by atoms with van der Waals surface area (Å²) in [5, 5.41) is 16.8. The van der Waals surface area contributed by atoms with E-state index in [2.05, 4.69) is 15.5 Å². The van der Waals surface area contributed by atoms with Crippen LogP contribution in [-0.2, 0) is 4.74 Å². The van der Waals surface area contributed by atoms with E-state index < -0.39 is 6.10 Å². The van der Waals surface area contributed by atoms with Gasteiger partial charge in [-0.3, -0.25) is 9.89 Å². The van der Waals surface area contributed by atoms with Gasteiger partial charge in [-0.25, -0.2) is 0 Å². The Labute approximate surface area is 180 Å². The number of morpholine rings is 1. The molecule has 0 spiro atoms. The lowest BCUT2D eigenvalue weighted by molar-refractivity contribution is 0.0135. The van der Waals surface area contributed by atoms with Gasteiger partial charge >= 0.3 is 0 Å². The number of guanidine groups is 1. The van der Waals surface area contributed by atoms with Crippen molar-refractivity contribution in [3.05, 3.63) is 45.0 Å². The molecule has 2 aromatic rings. The molecule has 0 aromatic carbocycles. The van der Waals surface area contributed by atoms with Crippen LogP contribution < -0.4 is 10.6 Å². The first-order valence-corrected chi connectivity index (χ1v) is 11.1. The summed E-state index contributed by atoms with van der Waals surface area (Å²) in [5.41, 5.74) is 0. The number of ether oxygens (including phenoxy) is 1. The van der Waals surface area contributed by atoms with Crippen molar-refractivity contribution in [2.24, 2.45) is 4.99 Å². The molecule has 2 atom stereocenters. The minimum Gasteiger partial charge on any atom is -0.465 e. The van der Waals surface area contributed by atoms with Crippen LogP contribution in [0.1, 0.15) is 35.5 Å². The smallest absolute Gasteiger partial charge is 0.191 e. The fraction of sp³-hybridized carbons (Fsp3) is 0.550. The molecule has 3 heterocycles. The van der Waals surface area contributed by atoms with Crippen LogP contribution in [0.25, 0.3) is 0 Å². The highest BCUT2D eigenvalue weighted by atomic mass is 35.5. The minimum absolute atomic E-state index is 0.0454. The maximum atomic E-state index is 10.4. The monoisotopic (exact) mass is 440 g/mol. The molecule has 1 fully saturated rings. The number of thiophene rings is 1. The Bertz CT molecular complexity index is 788. The molecular weight excluding hydrogens is 412 g/mol. The second-order valence-electron chi connectivity index (χ2n) is 6.87. The number of aliphatic imine (C=N–C) groups is 1. The van der Waals surface area contributed by atoms with Crippen molar-refractivity contribution in [2.75, 3.05) is 45.9 Å². The summed E-state index contributed by atoms with van der Waals surface area (Å²) in [5.74, 6) is 2.47. The van der Waals surface area contributed by atoms with Gasteiger partial charge in [0, 0.05) is 31.1 Å². The van der Waals surface area contributed by atoms with Gasteiger partial charge in [-0.05, 0) is 38.1 Å². The number of furan rings is 1. The van der Waals surface area contributed by atoms with Gasteiger partial charge in [0.15, 0.2) is 5.96 Å². The number of hydrogen-bond acceptors (Lipinski definition) is 6. The molecule has 9 heteroatoms. The average Bonchev–Trinajstić information content (AvgIpc) is 3.35. The molecule has 0 aliphatic carbocycles. The van der Waals surface area contributed by atoms with Crippen LogP contribution in [0.2, 0.25) is 4.34 Å². The van der Waals surface area contributed by atoms with Crippen LogP contribution in [0.3, 0.4) is 0 Å². The number of hydrogen-bond donors (Lipinski definition) is 3. The van der Waals surface area contributed by atoms with Crippen LogP contribution in [0.4, 0.5) is 0 Å². The van der Waals surface area contributed by atoms with Crippen LogP contribution in [-0.4, -0.2) is 61.9 Å². The SMILES string of the molecule is CCNC(=NCC(c1ccc(C)o1)N1CCOCC1)NCC(O)c1ccc(Cl)s1. The molecule has 2 unspecified atom stereocenters. The van der Waals surface area contributed by atoms with Gasteiger partial charge in [0.2, 0.25) is 0 Å². The zero-order valence-corrected chi connectivity index (χ0v) is 18.4. The highest BCUT2D eigenvalue weighted by molar-refractivity contribution is 7.16. The van der Waals surface area contributed by atoms with E-state index in [0.717, 1.165) is 36.0 Å². The van der Waals surface area contributed by atoms with E-state index in [4.69, 9.17) is 25.7 Å². The zero-order chi connectivity index (χ0) is 20.6. The molecule has 3 rings (SSSR count). The van der Waals surface area contributed by atoms with Crippen LogP contribution in [0.15, 0.2) is 33.7 Å². The minimum atomic E-state index is -0.640. The Morgan fingerprint density at radius 3 is 2.69 bits per heavy atom. The first kappa shape index (κ1) is 22.1. The standard InChI is InChI=1S/C20H29ClN4O3S/c1-3-22-20(24-13-16(26)18-6-7-19(21)29-18)23-12-15(17-5-4-14(2)28-17)25-8-10-27-11-9-25/h4-7,15-16,26H,3,8-13H2,1-2H3,(H2,22,23,24). The van der Waals surface area contributed by atoms with Crippen molar-refractivity contribution in [2.45, 2.75) is 26.0 Å². The second-order valence-corrected chi connectivity index (χ2v) is 8.62. The van der Waals surface area contributed by atoms with Gasteiger partial charge in [0.25, 0.3) is 0 Å². The van der Waals surface area contributed by atoms with E-state index >= 15 is 0 Å². The summed E-state index contributed by atoms with van der Waals surface area (Å²) in [4.78, 5) is 7.94. The molecule has 0 radical (unpaired) electrons. The Balaban J connectivity index is 1.66. The summed E-state index contributed by atoms with van der Waals surface area (Å²) in [7, 11) is 0. The molecule has 1 aliphatic heterocycles. The highest BCUT2D eigenvalue weighted by Gasteiger charge is 2.25. The number of nitrogens with one attached hydrogen (secondary N) is 2. The number of aliphatic hydroxyl groups excluding tert-OH is 1. The Hall–Kier alpha value is -1.58. The molecule has 1 saturated heterocycles. The quantitative estimate of drug-likeness (QED) is 0.432. The van der Waals surface area contributed by atoms with Crippen molar-refractivity contribution in [1.82, 2.24) is 15.5 Å². The largest absolute Gasteiger partial charge is 0.465 e. The fourth-order valence-corrected chi connectivity index (χ4v) is 4.27. The first-order valence-electron chi connectivity index (χ1n) is 9.90. The van der Waals surface area contributed by atoms with E-state index in [1.54, 1.807) is 6.07 Å². The van der Waals surface area contributed by atoms with E-state index in [1.807, 2.05) is 32.0 Å². The number of rotatable bonds is 8. The highest BCUT2D eigenvalue weighted by Crippen LogP contribution is 2.27. The molecule has 0 bridgehead atoms. The summed E-state index contributed by atoms with van der Waals surface area (Å²) in [6, 6.07) is 7.69. The third-order valence-corrected chi connectivity index (χ3v) is 6.06. The molecule has 0 saturated carbocycles. The Morgan fingerprint density at radius 1 is 1.28 bits per heavy atom.